The van der Waals surface area contributed by atoms with Crippen molar-refractivity contribution >= 4 is 35.0 Å². The largest absolute Gasteiger partial charge is 0.306 e. The second-order valence-corrected chi connectivity index (χ2v) is 9.54. The fourth-order valence-corrected chi connectivity index (χ4v) is 5.45. The normalized spacial score (nSPS) is 18.6. The summed E-state index contributed by atoms with van der Waals surface area (Å²) in [4.78, 5) is 57.8. The number of imide groups is 1. The zero-order valence-electron chi connectivity index (χ0n) is 20.7. The van der Waals surface area contributed by atoms with E-state index >= 15 is 0 Å². The van der Waals surface area contributed by atoms with E-state index in [9.17, 15) is 19.2 Å². The molecule has 0 unspecified atom stereocenters. The van der Waals surface area contributed by atoms with Crippen LogP contribution < -0.4 is 9.80 Å². The predicted octanol–water partition coefficient (Wildman–Crippen LogP) is 4.42. The molecule has 1 saturated carbocycles. The zero-order chi connectivity index (χ0) is 25.9. The molecule has 3 aromatic rings. The van der Waals surface area contributed by atoms with Crippen molar-refractivity contribution in [1.29, 1.82) is 0 Å². The number of para-hydroxylation sites is 2. The molecule has 3 aromatic carbocycles. The van der Waals surface area contributed by atoms with Crippen molar-refractivity contribution in [3.63, 3.8) is 0 Å². The van der Waals surface area contributed by atoms with Gasteiger partial charge in [-0.1, -0.05) is 67.1 Å². The summed E-state index contributed by atoms with van der Waals surface area (Å²) in [5.41, 5.74) is 2.62. The molecule has 0 bridgehead atoms. The fraction of sp³-hybridized carbons (Fsp3) is 0.267. The third kappa shape index (κ3) is 4.77. The molecule has 7 heteroatoms. The lowest BCUT2D eigenvalue weighted by molar-refractivity contribution is -0.131. The van der Waals surface area contributed by atoms with Crippen LogP contribution in [0.15, 0.2) is 84.9 Å². The van der Waals surface area contributed by atoms with Gasteiger partial charge in [0.05, 0.1) is 23.8 Å². The molecule has 1 aliphatic heterocycles. The Kier molecular flexibility index (Phi) is 6.86. The molecule has 1 fully saturated rings. The first-order chi connectivity index (χ1) is 18.0. The molecular weight excluding hydrogens is 466 g/mol. The highest BCUT2D eigenvalue weighted by atomic mass is 16.2. The van der Waals surface area contributed by atoms with E-state index in [0.29, 0.717) is 36.3 Å². The molecule has 0 N–H and O–H groups in total. The van der Waals surface area contributed by atoms with Crippen LogP contribution >= 0.6 is 0 Å². The molecule has 1 heterocycles. The first-order valence-corrected chi connectivity index (χ1v) is 12.6. The Morgan fingerprint density at radius 2 is 1.46 bits per heavy atom. The van der Waals surface area contributed by atoms with Crippen LogP contribution in [-0.2, 0) is 20.9 Å². The standard InChI is InChI=1S/C30H29N3O4/c1-21(34)31(29(36)23-13-6-3-7-14-23)20-28(35)33-25-18-10-15-24(25)30(37)32(19-22-11-4-2-5-12-22)26-16-8-9-17-27(26)33/h2-9,11-14,16-17,24-25H,10,15,18-20H2,1H3/t24-,25+/m0/s1. The second-order valence-electron chi connectivity index (χ2n) is 9.54. The van der Waals surface area contributed by atoms with Gasteiger partial charge >= 0.3 is 0 Å². The average molecular weight is 496 g/mol. The van der Waals surface area contributed by atoms with Crippen molar-refractivity contribution in [3.8, 4) is 0 Å². The summed E-state index contributed by atoms with van der Waals surface area (Å²) >= 11 is 0. The summed E-state index contributed by atoms with van der Waals surface area (Å²) < 4.78 is 0. The molecule has 0 saturated heterocycles. The van der Waals surface area contributed by atoms with E-state index in [0.717, 1.165) is 16.9 Å². The third-order valence-corrected chi connectivity index (χ3v) is 7.22. The van der Waals surface area contributed by atoms with Gasteiger partial charge in [-0.25, -0.2) is 0 Å². The number of carbonyl (C=O) groups is 4. The summed E-state index contributed by atoms with van der Waals surface area (Å²) in [6, 6.07) is 25.3. The van der Waals surface area contributed by atoms with Crippen molar-refractivity contribution in [1.82, 2.24) is 4.90 Å². The van der Waals surface area contributed by atoms with Crippen LogP contribution in [-0.4, -0.2) is 41.1 Å². The smallest absolute Gasteiger partial charge is 0.260 e. The summed E-state index contributed by atoms with van der Waals surface area (Å²) in [5, 5.41) is 0. The average Bonchev–Trinajstić information content (AvgIpc) is 3.37. The Morgan fingerprint density at radius 3 is 2.14 bits per heavy atom. The van der Waals surface area contributed by atoms with E-state index in [4.69, 9.17) is 0 Å². The van der Waals surface area contributed by atoms with Crippen molar-refractivity contribution in [2.45, 2.75) is 38.8 Å². The fourth-order valence-electron chi connectivity index (χ4n) is 5.45. The van der Waals surface area contributed by atoms with Gasteiger partial charge in [0.1, 0.15) is 6.54 Å². The van der Waals surface area contributed by atoms with E-state index in [2.05, 4.69) is 0 Å². The Hall–Kier alpha value is -4.26. The van der Waals surface area contributed by atoms with Crippen molar-refractivity contribution in [2.24, 2.45) is 5.92 Å². The number of amides is 4. The minimum absolute atomic E-state index is 0.00195. The molecule has 0 spiro atoms. The van der Waals surface area contributed by atoms with Crippen LogP contribution in [0.4, 0.5) is 11.4 Å². The summed E-state index contributed by atoms with van der Waals surface area (Å²) in [6.45, 7) is 1.29. The van der Waals surface area contributed by atoms with Crippen molar-refractivity contribution < 1.29 is 19.2 Å². The summed E-state index contributed by atoms with van der Waals surface area (Å²) in [7, 11) is 0. The summed E-state index contributed by atoms with van der Waals surface area (Å²) in [6.07, 6.45) is 2.19. The number of hydrogen-bond acceptors (Lipinski definition) is 4. The first-order valence-electron chi connectivity index (χ1n) is 12.6. The molecule has 5 rings (SSSR count). The number of carbonyl (C=O) groups excluding carboxylic acids is 4. The maximum atomic E-state index is 13.9. The lowest BCUT2D eigenvalue weighted by Gasteiger charge is -2.32. The highest BCUT2D eigenvalue weighted by molar-refractivity contribution is 6.11. The number of fused-ring (bicyclic) bond motifs is 2. The lowest BCUT2D eigenvalue weighted by atomic mass is 10.0. The van der Waals surface area contributed by atoms with Gasteiger partial charge in [0.15, 0.2) is 0 Å². The molecule has 7 nitrogen and oxygen atoms in total. The SMILES string of the molecule is CC(=O)N(CC(=O)N1c2ccccc2N(Cc2ccccc2)C(=O)[C@H]2CCC[C@H]21)C(=O)c1ccccc1. The van der Waals surface area contributed by atoms with E-state index in [1.54, 1.807) is 40.1 Å². The monoisotopic (exact) mass is 495 g/mol. The number of rotatable bonds is 5. The Morgan fingerprint density at radius 1 is 0.838 bits per heavy atom. The Balaban J connectivity index is 1.52. The minimum atomic E-state index is -0.519. The molecule has 37 heavy (non-hydrogen) atoms. The van der Waals surface area contributed by atoms with E-state index < -0.39 is 18.4 Å². The Bertz CT molecular complexity index is 1320. The van der Waals surface area contributed by atoms with Crippen LogP contribution in [0.2, 0.25) is 0 Å². The predicted molar refractivity (Wildman–Crippen MR) is 141 cm³/mol. The maximum absolute atomic E-state index is 13.9. The topological polar surface area (TPSA) is 78.0 Å². The van der Waals surface area contributed by atoms with Crippen LogP contribution in [0.25, 0.3) is 0 Å². The zero-order valence-corrected chi connectivity index (χ0v) is 20.7. The molecular formula is C30H29N3O4. The van der Waals surface area contributed by atoms with E-state index in [-0.39, 0.29) is 23.8 Å². The van der Waals surface area contributed by atoms with E-state index in [1.165, 1.54) is 6.92 Å². The van der Waals surface area contributed by atoms with Gasteiger partial charge < -0.3 is 9.80 Å². The van der Waals surface area contributed by atoms with Gasteiger partial charge in [0.25, 0.3) is 5.91 Å². The number of anilines is 2. The van der Waals surface area contributed by atoms with Crippen LogP contribution in [0.1, 0.15) is 42.1 Å². The van der Waals surface area contributed by atoms with Gasteiger partial charge in [0.2, 0.25) is 17.7 Å². The third-order valence-electron chi connectivity index (χ3n) is 7.22. The number of nitrogens with zero attached hydrogens (tertiary/aromatic N) is 3. The van der Waals surface area contributed by atoms with Crippen LogP contribution in [0, 0.1) is 5.92 Å². The molecule has 0 radical (unpaired) electrons. The number of benzene rings is 3. The van der Waals surface area contributed by atoms with E-state index in [1.807, 2.05) is 54.6 Å². The van der Waals surface area contributed by atoms with Crippen LogP contribution in [0.3, 0.4) is 0 Å². The van der Waals surface area contributed by atoms with Gasteiger partial charge in [-0.3, -0.25) is 24.1 Å². The quantitative estimate of drug-likeness (QED) is 0.525. The molecule has 0 aromatic heterocycles. The Labute approximate surface area is 216 Å². The highest BCUT2D eigenvalue weighted by Crippen LogP contribution is 2.43. The van der Waals surface area contributed by atoms with Crippen molar-refractivity contribution in [2.75, 3.05) is 16.3 Å². The molecule has 188 valence electrons. The van der Waals surface area contributed by atoms with Gasteiger partial charge in [-0.05, 0) is 42.7 Å². The molecule has 1 aliphatic carbocycles. The molecule has 2 aliphatic rings. The number of hydrogen-bond donors (Lipinski definition) is 0. The maximum Gasteiger partial charge on any atom is 0.260 e. The molecule has 2 atom stereocenters. The van der Waals surface area contributed by atoms with Crippen LogP contribution in [0.5, 0.6) is 0 Å². The highest BCUT2D eigenvalue weighted by Gasteiger charge is 2.46. The first kappa shape index (κ1) is 24.4. The lowest BCUT2D eigenvalue weighted by Crippen LogP contribution is -2.50. The summed E-state index contributed by atoms with van der Waals surface area (Å²) in [5.74, 6) is -1.75. The van der Waals surface area contributed by atoms with Gasteiger partial charge in [-0.15, -0.1) is 0 Å². The van der Waals surface area contributed by atoms with Gasteiger partial charge in [0, 0.05) is 18.5 Å². The minimum Gasteiger partial charge on any atom is -0.306 e. The van der Waals surface area contributed by atoms with Crippen molar-refractivity contribution in [3.05, 3.63) is 96.1 Å². The van der Waals surface area contributed by atoms with Gasteiger partial charge in [-0.2, -0.15) is 0 Å². The molecule has 4 amide bonds. The second kappa shape index (κ2) is 10.4.